The Morgan fingerprint density at radius 2 is 2.00 bits per heavy atom. The van der Waals surface area contributed by atoms with E-state index in [1.54, 1.807) is 0 Å². The van der Waals surface area contributed by atoms with Crippen molar-refractivity contribution in [1.29, 1.82) is 0 Å². The zero-order valence-electron chi connectivity index (χ0n) is 9.06. The van der Waals surface area contributed by atoms with E-state index in [1.165, 1.54) is 25.8 Å². The van der Waals surface area contributed by atoms with Crippen molar-refractivity contribution in [1.82, 2.24) is 10.2 Å². The van der Waals surface area contributed by atoms with Gasteiger partial charge >= 0.3 is 0 Å². The second-order valence-electron chi connectivity index (χ2n) is 3.80. The highest BCUT2D eigenvalue weighted by atomic mass is 15.1. The van der Waals surface area contributed by atoms with Gasteiger partial charge in [-0.15, -0.1) is 0 Å². The van der Waals surface area contributed by atoms with Crippen LogP contribution in [0.3, 0.4) is 0 Å². The molecule has 0 fully saturated rings. The van der Waals surface area contributed by atoms with Gasteiger partial charge in [-0.1, -0.05) is 13.3 Å². The Balaban J connectivity index is 3.08. The van der Waals surface area contributed by atoms with Gasteiger partial charge in [0, 0.05) is 6.04 Å². The molecular weight excluding hydrogens is 148 g/mol. The Morgan fingerprint density at radius 1 is 1.33 bits per heavy atom. The van der Waals surface area contributed by atoms with Crippen LogP contribution in [0.5, 0.6) is 0 Å². The van der Waals surface area contributed by atoms with E-state index in [-0.39, 0.29) is 0 Å². The van der Waals surface area contributed by atoms with E-state index in [0.29, 0.717) is 6.04 Å². The smallest absolute Gasteiger partial charge is 0.00386 e. The summed E-state index contributed by atoms with van der Waals surface area (Å²) in [6.45, 7) is 6.84. The van der Waals surface area contributed by atoms with Crippen molar-refractivity contribution in [3.8, 4) is 0 Å². The van der Waals surface area contributed by atoms with E-state index in [4.69, 9.17) is 0 Å². The van der Waals surface area contributed by atoms with Crippen LogP contribution in [0.1, 0.15) is 33.1 Å². The summed E-state index contributed by atoms with van der Waals surface area (Å²) < 4.78 is 0. The molecule has 0 unspecified atom stereocenters. The molecule has 0 aromatic heterocycles. The Hall–Kier alpha value is -0.0800. The molecule has 0 rings (SSSR count). The number of hydrogen-bond donors (Lipinski definition) is 1. The highest BCUT2D eigenvalue weighted by Gasteiger charge is 1.97. The predicted molar refractivity (Wildman–Crippen MR) is 55.5 cm³/mol. The Kier molecular flexibility index (Phi) is 7.51. The third-order valence-electron chi connectivity index (χ3n) is 2.00. The minimum Gasteiger partial charge on any atom is -0.314 e. The fourth-order valence-corrected chi connectivity index (χ4v) is 1.28. The monoisotopic (exact) mass is 172 g/mol. The van der Waals surface area contributed by atoms with Crippen molar-refractivity contribution in [2.75, 3.05) is 27.2 Å². The Labute approximate surface area is 77.3 Å². The van der Waals surface area contributed by atoms with Crippen LogP contribution in [0.15, 0.2) is 0 Å². The molecule has 0 aliphatic rings. The molecule has 1 N–H and O–H groups in total. The summed E-state index contributed by atoms with van der Waals surface area (Å²) in [4.78, 5) is 2.23. The topological polar surface area (TPSA) is 15.3 Å². The molecular formula is C10H24N2. The van der Waals surface area contributed by atoms with E-state index in [2.05, 4.69) is 38.2 Å². The normalized spacial score (nSPS) is 13.8. The number of nitrogens with one attached hydrogen (secondary N) is 1. The molecule has 0 radical (unpaired) electrons. The average Bonchev–Trinajstić information content (AvgIpc) is 1.98. The predicted octanol–water partition coefficient (Wildman–Crippen LogP) is 1.72. The van der Waals surface area contributed by atoms with Gasteiger partial charge in [-0.3, -0.25) is 0 Å². The first-order chi connectivity index (χ1) is 5.66. The third-order valence-corrected chi connectivity index (χ3v) is 2.00. The maximum Gasteiger partial charge on any atom is 0.00386 e. The van der Waals surface area contributed by atoms with Gasteiger partial charge in [0.2, 0.25) is 0 Å². The number of rotatable bonds is 7. The maximum atomic E-state index is 3.51. The molecule has 0 aliphatic carbocycles. The first-order valence-corrected chi connectivity index (χ1v) is 5.05. The lowest BCUT2D eigenvalue weighted by molar-refractivity contribution is 0.385. The van der Waals surface area contributed by atoms with Crippen molar-refractivity contribution < 1.29 is 0 Å². The molecule has 74 valence electrons. The second kappa shape index (κ2) is 7.56. The summed E-state index contributed by atoms with van der Waals surface area (Å²) >= 11 is 0. The quantitative estimate of drug-likeness (QED) is 0.588. The van der Waals surface area contributed by atoms with Crippen LogP contribution in [0, 0.1) is 0 Å². The van der Waals surface area contributed by atoms with E-state index in [0.717, 1.165) is 6.54 Å². The standard InChI is InChI=1S/C10H24N2/c1-5-7-10(2)11-8-6-9-12(3)4/h10-11H,5-9H2,1-4H3/t10-/m0/s1. The molecule has 0 amide bonds. The van der Waals surface area contributed by atoms with Gasteiger partial charge in [0.15, 0.2) is 0 Å². The minimum absolute atomic E-state index is 0.692. The lowest BCUT2D eigenvalue weighted by atomic mass is 10.2. The molecule has 0 bridgehead atoms. The zero-order chi connectivity index (χ0) is 9.40. The third kappa shape index (κ3) is 8.02. The first-order valence-electron chi connectivity index (χ1n) is 5.05. The van der Waals surface area contributed by atoms with Crippen molar-refractivity contribution in [3.05, 3.63) is 0 Å². The molecule has 0 aromatic carbocycles. The van der Waals surface area contributed by atoms with Gasteiger partial charge in [-0.05, 0) is 47.0 Å². The molecule has 0 aromatic rings. The molecule has 0 aliphatic heterocycles. The first kappa shape index (κ1) is 11.9. The molecule has 0 saturated heterocycles. The number of nitrogens with zero attached hydrogens (tertiary/aromatic N) is 1. The maximum absolute atomic E-state index is 3.51. The molecule has 0 heterocycles. The minimum atomic E-state index is 0.692. The van der Waals surface area contributed by atoms with E-state index in [9.17, 15) is 0 Å². The lowest BCUT2D eigenvalue weighted by Crippen LogP contribution is -2.28. The molecule has 2 heteroatoms. The average molecular weight is 172 g/mol. The van der Waals surface area contributed by atoms with Crippen LogP contribution in [-0.4, -0.2) is 38.1 Å². The van der Waals surface area contributed by atoms with E-state index < -0.39 is 0 Å². The molecule has 12 heavy (non-hydrogen) atoms. The van der Waals surface area contributed by atoms with Crippen LogP contribution in [0.2, 0.25) is 0 Å². The van der Waals surface area contributed by atoms with Gasteiger partial charge in [0.05, 0.1) is 0 Å². The fraction of sp³-hybridized carbons (Fsp3) is 1.00. The molecule has 0 saturated carbocycles. The van der Waals surface area contributed by atoms with Crippen LogP contribution in [0.4, 0.5) is 0 Å². The zero-order valence-corrected chi connectivity index (χ0v) is 9.06. The largest absolute Gasteiger partial charge is 0.314 e. The van der Waals surface area contributed by atoms with Gasteiger partial charge < -0.3 is 10.2 Å². The highest BCUT2D eigenvalue weighted by molar-refractivity contribution is 4.59. The summed E-state index contributed by atoms with van der Waals surface area (Å²) in [6.07, 6.45) is 3.82. The molecule has 0 spiro atoms. The highest BCUT2D eigenvalue weighted by Crippen LogP contribution is 1.94. The Morgan fingerprint density at radius 3 is 2.50 bits per heavy atom. The van der Waals surface area contributed by atoms with E-state index in [1.807, 2.05) is 0 Å². The molecule has 2 nitrogen and oxygen atoms in total. The lowest BCUT2D eigenvalue weighted by Gasteiger charge is -2.14. The van der Waals surface area contributed by atoms with Gasteiger partial charge in [0.25, 0.3) is 0 Å². The van der Waals surface area contributed by atoms with Crippen molar-refractivity contribution in [2.45, 2.75) is 39.2 Å². The summed E-state index contributed by atoms with van der Waals surface area (Å²) in [5, 5.41) is 3.51. The van der Waals surface area contributed by atoms with Crippen LogP contribution < -0.4 is 5.32 Å². The van der Waals surface area contributed by atoms with Crippen LogP contribution in [0.25, 0.3) is 0 Å². The van der Waals surface area contributed by atoms with Crippen LogP contribution >= 0.6 is 0 Å². The van der Waals surface area contributed by atoms with Crippen molar-refractivity contribution in [3.63, 3.8) is 0 Å². The van der Waals surface area contributed by atoms with Crippen molar-refractivity contribution >= 4 is 0 Å². The van der Waals surface area contributed by atoms with Gasteiger partial charge in [0.1, 0.15) is 0 Å². The van der Waals surface area contributed by atoms with Gasteiger partial charge in [-0.25, -0.2) is 0 Å². The Bertz CT molecular complexity index is 91.8. The summed E-state index contributed by atoms with van der Waals surface area (Å²) in [7, 11) is 4.24. The van der Waals surface area contributed by atoms with Crippen molar-refractivity contribution in [2.24, 2.45) is 0 Å². The summed E-state index contributed by atoms with van der Waals surface area (Å²) in [5.74, 6) is 0. The van der Waals surface area contributed by atoms with Gasteiger partial charge in [-0.2, -0.15) is 0 Å². The fourth-order valence-electron chi connectivity index (χ4n) is 1.28. The summed E-state index contributed by atoms with van der Waals surface area (Å²) in [6, 6.07) is 0.692. The summed E-state index contributed by atoms with van der Waals surface area (Å²) in [5.41, 5.74) is 0. The van der Waals surface area contributed by atoms with Crippen LogP contribution in [-0.2, 0) is 0 Å². The second-order valence-corrected chi connectivity index (χ2v) is 3.80. The SMILES string of the molecule is CCC[C@H](C)NCCCN(C)C. The molecule has 1 atom stereocenters. The number of hydrogen-bond acceptors (Lipinski definition) is 2. The van der Waals surface area contributed by atoms with E-state index >= 15 is 0 Å².